The van der Waals surface area contributed by atoms with Crippen molar-refractivity contribution in [1.82, 2.24) is 9.97 Å². The fourth-order valence-corrected chi connectivity index (χ4v) is 1.79. The predicted molar refractivity (Wildman–Crippen MR) is 73.2 cm³/mol. The Bertz CT molecular complexity index is 330. The van der Waals surface area contributed by atoms with E-state index in [-0.39, 0.29) is 0 Å². The topological polar surface area (TPSA) is 55.0 Å². The molecular formula is C13H24N4. The Hall–Kier alpha value is -1.32. The largest absolute Gasteiger partial charge is 0.383 e. The molecular weight excluding hydrogens is 212 g/mol. The van der Waals surface area contributed by atoms with Crippen molar-refractivity contribution in [2.75, 3.05) is 23.7 Å². The van der Waals surface area contributed by atoms with Crippen LogP contribution in [-0.2, 0) is 0 Å². The van der Waals surface area contributed by atoms with Gasteiger partial charge in [0, 0.05) is 18.7 Å². The number of nitrogens with two attached hydrogens (primary N) is 1. The monoisotopic (exact) mass is 236 g/mol. The maximum Gasteiger partial charge on any atom is 0.137 e. The summed E-state index contributed by atoms with van der Waals surface area (Å²) in [7, 11) is 0. The first-order valence-corrected chi connectivity index (χ1v) is 6.52. The van der Waals surface area contributed by atoms with Crippen molar-refractivity contribution < 1.29 is 0 Å². The summed E-state index contributed by atoms with van der Waals surface area (Å²) in [5, 5.41) is 0. The van der Waals surface area contributed by atoms with Crippen LogP contribution >= 0.6 is 0 Å². The highest BCUT2D eigenvalue weighted by Crippen LogP contribution is 2.20. The van der Waals surface area contributed by atoms with Crippen LogP contribution in [0.3, 0.4) is 0 Å². The second kappa shape index (κ2) is 7.09. The first-order valence-electron chi connectivity index (χ1n) is 6.52. The highest BCUT2D eigenvalue weighted by atomic mass is 15.2. The normalized spacial score (nSPS) is 10.5. The molecule has 0 aliphatic rings. The van der Waals surface area contributed by atoms with Gasteiger partial charge in [-0.25, -0.2) is 9.97 Å². The number of hydrogen-bond donors (Lipinski definition) is 1. The molecule has 0 aliphatic carbocycles. The molecule has 0 radical (unpaired) electrons. The van der Waals surface area contributed by atoms with Crippen molar-refractivity contribution >= 4 is 11.6 Å². The lowest BCUT2D eigenvalue weighted by atomic mass is 10.2. The molecule has 1 rings (SSSR count). The molecule has 0 aromatic carbocycles. The second-order valence-corrected chi connectivity index (χ2v) is 4.40. The van der Waals surface area contributed by atoms with Crippen LogP contribution < -0.4 is 10.6 Å². The summed E-state index contributed by atoms with van der Waals surface area (Å²) in [6.45, 7) is 8.51. The minimum Gasteiger partial charge on any atom is -0.383 e. The van der Waals surface area contributed by atoms with E-state index in [9.17, 15) is 0 Å². The third-order valence-corrected chi connectivity index (χ3v) is 2.96. The van der Waals surface area contributed by atoms with Gasteiger partial charge in [0.2, 0.25) is 0 Å². The molecule has 0 fully saturated rings. The van der Waals surface area contributed by atoms with Gasteiger partial charge in [-0.05, 0) is 19.8 Å². The molecule has 1 aromatic rings. The van der Waals surface area contributed by atoms with E-state index in [2.05, 4.69) is 28.7 Å². The van der Waals surface area contributed by atoms with Crippen molar-refractivity contribution in [2.24, 2.45) is 0 Å². The van der Waals surface area contributed by atoms with Crippen LogP contribution in [0.4, 0.5) is 11.6 Å². The molecule has 0 spiro atoms. The predicted octanol–water partition coefficient (Wildman–Crippen LogP) is 2.77. The Morgan fingerprint density at radius 2 is 1.71 bits per heavy atom. The van der Waals surface area contributed by atoms with Gasteiger partial charge in [-0.1, -0.05) is 26.7 Å². The van der Waals surface area contributed by atoms with Crippen molar-refractivity contribution in [3.8, 4) is 0 Å². The second-order valence-electron chi connectivity index (χ2n) is 4.40. The molecule has 0 amide bonds. The fourth-order valence-electron chi connectivity index (χ4n) is 1.79. The van der Waals surface area contributed by atoms with Gasteiger partial charge in [-0.2, -0.15) is 0 Å². The number of nitrogens with zero attached hydrogens (tertiary/aromatic N) is 3. The van der Waals surface area contributed by atoms with Crippen LogP contribution in [0, 0.1) is 6.92 Å². The molecule has 0 aliphatic heterocycles. The van der Waals surface area contributed by atoms with E-state index >= 15 is 0 Å². The average Bonchev–Trinajstić information content (AvgIpc) is 2.34. The Kier molecular flexibility index (Phi) is 5.73. The fraction of sp³-hybridized carbons (Fsp3) is 0.692. The van der Waals surface area contributed by atoms with Crippen molar-refractivity contribution in [1.29, 1.82) is 0 Å². The molecule has 0 saturated heterocycles. The van der Waals surface area contributed by atoms with Gasteiger partial charge in [0.05, 0.1) is 0 Å². The Balaban J connectivity index is 2.83. The van der Waals surface area contributed by atoms with Crippen LogP contribution in [0.1, 0.15) is 45.1 Å². The summed E-state index contributed by atoms with van der Waals surface area (Å²) in [6.07, 6.45) is 6.33. The maximum absolute atomic E-state index is 5.84. The standard InChI is InChI=1S/C13H24N4/c1-4-6-8-17(9-7-5-2)13-11(3)12(14)15-10-16-13/h10H,4-9H2,1-3H3,(H2,14,15,16). The highest BCUT2D eigenvalue weighted by molar-refractivity contribution is 5.55. The summed E-state index contributed by atoms with van der Waals surface area (Å²) < 4.78 is 0. The van der Waals surface area contributed by atoms with E-state index in [4.69, 9.17) is 5.73 Å². The van der Waals surface area contributed by atoms with Gasteiger partial charge in [-0.3, -0.25) is 0 Å². The number of anilines is 2. The van der Waals surface area contributed by atoms with Crippen molar-refractivity contribution in [3.63, 3.8) is 0 Å². The van der Waals surface area contributed by atoms with E-state index in [1.165, 1.54) is 25.7 Å². The molecule has 0 unspecified atom stereocenters. The average molecular weight is 236 g/mol. The van der Waals surface area contributed by atoms with Crippen molar-refractivity contribution in [3.05, 3.63) is 11.9 Å². The molecule has 4 heteroatoms. The number of nitrogen functional groups attached to an aromatic ring is 1. The Morgan fingerprint density at radius 1 is 1.12 bits per heavy atom. The zero-order chi connectivity index (χ0) is 12.7. The Morgan fingerprint density at radius 3 is 2.24 bits per heavy atom. The zero-order valence-electron chi connectivity index (χ0n) is 11.2. The molecule has 1 heterocycles. The zero-order valence-corrected chi connectivity index (χ0v) is 11.2. The summed E-state index contributed by atoms with van der Waals surface area (Å²) >= 11 is 0. The van der Waals surface area contributed by atoms with Gasteiger partial charge in [0.15, 0.2) is 0 Å². The SMILES string of the molecule is CCCCN(CCCC)c1ncnc(N)c1C. The minimum absolute atomic E-state index is 0.591. The van der Waals surface area contributed by atoms with Crippen LogP contribution in [-0.4, -0.2) is 23.1 Å². The molecule has 4 nitrogen and oxygen atoms in total. The summed E-state index contributed by atoms with van der Waals surface area (Å²) in [5.41, 5.74) is 6.84. The molecule has 0 saturated carbocycles. The number of unbranched alkanes of at least 4 members (excludes halogenated alkanes) is 2. The molecule has 1 aromatic heterocycles. The summed E-state index contributed by atoms with van der Waals surface area (Å²) in [6, 6.07) is 0. The first kappa shape index (κ1) is 13.7. The maximum atomic E-state index is 5.84. The van der Waals surface area contributed by atoms with Gasteiger partial charge in [-0.15, -0.1) is 0 Å². The van der Waals surface area contributed by atoms with E-state index in [1.54, 1.807) is 6.33 Å². The smallest absolute Gasteiger partial charge is 0.137 e. The number of aromatic nitrogens is 2. The van der Waals surface area contributed by atoms with E-state index in [1.807, 2.05) is 6.92 Å². The highest BCUT2D eigenvalue weighted by Gasteiger charge is 2.11. The lowest BCUT2D eigenvalue weighted by Crippen LogP contribution is -2.27. The van der Waals surface area contributed by atoms with E-state index < -0.39 is 0 Å². The van der Waals surface area contributed by atoms with Gasteiger partial charge in [0.1, 0.15) is 18.0 Å². The summed E-state index contributed by atoms with van der Waals surface area (Å²) in [4.78, 5) is 10.7. The number of hydrogen-bond acceptors (Lipinski definition) is 4. The van der Waals surface area contributed by atoms with Crippen LogP contribution in [0.5, 0.6) is 0 Å². The van der Waals surface area contributed by atoms with Crippen LogP contribution in [0.15, 0.2) is 6.33 Å². The molecule has 0 atom stereocenters. The van der Waals surface area contributed by atoms with Gasteiger partial charge in [0.25, 0.3) is 0 Å². The van der Waals surface area contributed by atoms with E-state index in [0.717, 1.165) is 24.5 Å². The lowest BCUT2D eigenvalue weighted by molar-refractivity contribution is 0.669. The molecule has 96 valence electrons. The molecule has 2 N–H and O–H groups in total. The first-order chi connectivity index (χ1) is 8.20. The third kappa shape index (κ3) is 3.88. The Labute approximate surface area is 104 Å². The number of rotatable bonds is 7. The lowest BCUT2D eigenvalue weighted by Gasteiger charge is -2.25. The quantitative estimate of drug-likeness (QED) is 0.791. The third-order valence-electron chi connectivity index (χ3n) is 2.96. The molecule has 17 heavy (non-hydrogen) atoms. The minimum atomic E-state index is 0.591. The van der Waals surface area contributed by atoms with Crippen LogP contribution in [0.2, 0.25) is 0 Å². The molecule has 0 bridgehead atoms. The summed E-state index contributed by atoms with van der Waals surface area (Å²) in [5.74, 6) is 1.59. The van der Waals surface area contributed by atoms with Gasteiger partial charge < -0.3 is 10.6 Å². The van der Waals surface area contributed by atoms with Crippen LogP contribution in [0.25, 0.3) is 0 Å². The van der Waals surface area contributed by atoms with Crippen molar-refractivity contribution in [2.45, 2.75) is 46.5 Å². The van der Waals surface area contributed by atoms with E-state index in [0.29, 0.717) is 5.82 Å². The van der Waals surface area contributed by atoms with Gasteiger partial charge >= 0.3 is 0 Å².